The minimum Gasteiger partial charge on any atom is -0.454 e. The summed E-state index contributed by atoms with van der Waals surface area (Å²) in [5.74, 6) is 2.11. The molecule has 1 fully saturated rings. The molecule has 0 saturated heterocycles. The van der Waals surface area contributed by atoms with Crippen LogP contribution in [0.5, 0.6) is 11.5 Å². The van der Waals surface area contributed by atoms with Crippen molar-refractivity contribution < 1.29 is 14.3 Å². The molecule has 3 heterocycles. The molecule has 0 atom stereocenters. The number of hydrogen-bond donors (Lipinski definition) is 2. The van der Waals surface area contributed by atoms with Crippen LogP contribution >= 0.6 is 0 Å². The molecule has 1 aliphatic carbocycles. The standard InChI is InChI=1S/C22H21N5O4/c1-12-13(2)23-22(25-21(12)29)27-19(10-16(26-27)15-5-6-15)24-20(28)8-4-14-3-7-17-18(9-14)31-11-30-17/h3-4,7-10,15H,5-6,11H2,1-2H3,(H,24,28)(H,23,25,29)/b8-4+. The van der Waals surface area contributed by atoms with E-state index in [1.807, 2.05) is 18.2 Å². The predicted octanol–water partition coefficient (Wildman–Crippen LogP) is 2.83. The Morgan fingerprint density at radius 1 is 1.23 bits per heavy atom. The van der Waals surface area contributed by atoms with Crippen LogP contribution in [0.3, 0.4) is 0 Å². The molecule has 9 nitrogen and oxygen atoms in total. The molecule has 0 bridgehead atoms. The summed E-state index contributed by atoms with van der Waals surface area (Å²) < 4.78 is 12.1. The summed E-state index contributed by atoms with van der Waals surface area (Å²) in [6, 6.07) is 7.29. The Morgan fingerprint density at radius 2 is 2.03 bits per heavy atom. The summed E-state index contributed by atoms with van der Waals surface area (Å²) in [6.07, 6.45) is 5.24. The van der Waals surface area contributed by atoms with Crippen LogP contribution in [0.2, 0.25) is 0 Å². The van der Waals surface area contributed by atoms with Crippen molar-refractivity contribution in [3.05, 3.63) is 63.2 Å². The van der Waals surface area contributed by atoms with Crippen LogP contribution in [-0.2, 0) is 4.79 Å². The lowest BCUT2D eigenvalue weighted by Gasteiger charge is -2.08. The monoisotopic (exact) mass is 419 g/mol. The third-order valence-corrected chi connectivity index (χ3v) is 5.38. The number of nitrogens with one attached hydrogen (secondary N) is 2. The molecule has 0 spiro atoms. The lowest BCUT2D eigenvalue weighted by atomic mass is 10.2. The number of carbonyl (C=O) groups is 1. The fraction of sp³-hybridized carbons (Fsp3) is 0.273. The Bertz CT molecular complexity index is 1270. The van der Waals surface area contributed by atoms with E-state index in [1.165, 1.54) is 10.8 Å². The summed E-state index contributed by atoms with van der Waals surface area (Å²) in [5.41, 5.74) is 2.62. The van der Waals surface area contributed by atoms with Crippen molar-refractivity contribution in [3.8, 4) is 17.4 Å². The molecular weight excluding hydrogens is 398 g/mol. The summed E-state index contributed by atoms with van der Waals surface area (Å²) in [7, 11) is 0. The lowest BCUT2D eigenvalue weighted by Crippen LogP contribution is -2.20. The number of hydrogen-bond acceptors (Lipinski definition) is 6. The first-order chi connectivity index (χ1) is 15.0. The van der Waals surface area contributed by atoms with Crippen molar-refractivity contribution in [2.75, 3.05) is 12.1 Å². The van der Waals surface area contributed by atoms with Crippen LogP contribution in [0.25, 0.3) is 12.0 Å². The molecule has 2 aromatic heterocycles. The summed E-state index contributed by atoms with van der Waals surface area (Å²) in [6.45, 7) is 3.68. The molecule has 1 aromatic carbocycles. The second kappa shape index (κ2) is 7.42. The smallest absolute Gasteiger partial charge is 0.255 e. The molecule has 31 heavy (non-hydrogen) atoms. The number of aromatic nitrogens is 4. The number of benzene rings is 1. The molecule has 2 N–H and O–H groups in total. The third kappa shape index (κ3) is 3.81. The Balaban J connectivity index is 1.41. The largest absolute Gasteiger partial charge is 0.454 e. The van der Waals surface area contributed by atoms with E-state index >= 15 is 0 Å². The van der Waals surface area contributed by atoms with Crippen LogP contribution < -0.4 is 20.3 Å². The van der Waals surface area contributed by atoms with E-state index < -0.39 is 0 Å². The van der Waals surface area contributed by atoms with Gasteiger partial charge in [-0.15, -0.1) is 0 Å². The fourth-order valence-electron chi connectivity index (χ4n) is 3.32. The number of nitrogens with zero attached hydrogens (tertiary/aromatic N) is 3. The molecule has 158 valence electrons. The number of ether oxygens (including phenoxy) is 2. The van der Waals surface area contributed by atoms with Crippen LogP contribution in [0.15, 0.2) is 35.1 Å². The topological polar surface area (TPSA) is 111 Å². The first kappa shape index (κ1) is 19.1. The fourth-order valence-corrected chi connectivity index (χ4v) is 3.32. The highest BCUT2D eigenvalue weighted by Crippen LogP contribution is 2.40. The highest BCUT2D eigenvalue weighted by molar-refractivity contribution is 6.01. The van der Waals surface area contributed by atoms with Gasteiger partial charge in [0, 0.05) is 29.3 Å². The summed E-state index contributed by atoms with van der Waals surface area (Å²) in [5, 5.41) is 7.42. The molecule has 1 saturated carbocycles. The van der Waals surface area contributed by atoms with Gasteiger partial charge in [-0.05, 0) is 50.5 Å². The molecule has 0 unspecified atom stereocenters. The van der Waals surface area contributed by atoms with E-state index in [0.29, 0.717) is 34.5 Å². The number of carbonyl (C=O) groups excluding carboxylic acids is 1. The summed E-state index contributed by atoms with van der Waals surface area (Å²) in [4.78, 5) is 32.0. The van der Waals surface area contributed by atoms with Crippen LogP contribution in [0, 0.1) is 13.8 Å². The molecule has 1 aliphatic heterocycles. The van der Waals surface area contributed by atoms with Crippen LogP contribution in [0.1, 0.15) is 41.3 Å². The minimum absolute atomic E-state index is 0.199. The zero-order chi connectivity index (χ0) is 21.5. The van der Waals surface area contributed by atoms with Gasteiger partial charge in [0.15, 0.2) is 11.5 Å². The van der Waals surface area contributed by atoms with Crippen molar-refractivity contribution in [1.29, 1.82) is 0 Å². The SMILES string of the molecule is Cc1nc(-n2nc(C3CC3)cc2NC(=O)/C=C/c2ccc3c(c2)OCO3)[nH]c(=O)c1C. The Morgan fingerprint density at radius 3 is 2.81 bits per heavy atom. The molecule has 9 heteroatoms. The van der Waals surface area contributed by atoms with Crippen molar-refractivity contribution >= 4 is 17.8 Å². The molecule has 0 radical (unpaired) electrons. The zero-order valence-electron chi connectivity index (χ0n) is 17.1. The van der Waals surface area contributed by atoms with E-state index in [0.717, 1.165) is 24.1 Å². The van der Waals surface area contributed by atoms with Crippen molar-refractivity contribution in [1.82, 2.24) is 19.7 Å². The number of amides is 1. The highest BCUT2D eigenvalue weighted by Gasteiger charge is 2.28. The van der Waals surface area contributed by atoms with Gasteiger partial charge in [0.2, 0.25) is 18.6 Å². The zero-order valence-corrected chi connectivity index (χ0v) is 17.1. The van der Waals surface area contributed by atoms with E-state index in [9.17, 15) is 9.59 Å². The van der Waals surface area contributed by atoms with Crippen molar-refractivity contribution in [2.45, 2.75) is 32.6 Å². The average molecular weight is 419 g/mol. The number of H-pyrrole nitrogens is 1. The second-order valence-electron chi connectivity index (χ2n) is 7.68. The summed E-state index contributed by atoms with van der Waals surface area (Å²) >= 11 is 0. The van der Waals surface area contributed by atoms with Crippen LogP contribution in [-0.4, -0.2) is 32.4 Å². The van der Waals surface area contributed by atoms with Gasteiger partial charge in [-0.3, -0.25) is 14.6 Å². The van der Waals surface area contributed by atoms with E-state index in [-0.39, 0.29) is 24.2 Å². The maximum atomic E-state index is 12.6. The Labute approximate surface area is 177 Å². The number of aryl methyl sites for hydroxylation is 1. The van der Waals surface area contributed by atoms with Gasteiger partial charge in [0.1, 0.15) is 5.82 Å². The Hall–Kier alpha value is -3.88. The molecule has 5 rings (SSSR count). The van der Waals surface area contributed by atoms with Crippen LogP contribution in [0.4, 0.5) is 5.82 Å². The van der Waals surface area contributed by atoms with E-state index in [2.05, 4.69) is 20.4 Å². The minimum atomic E-state index is -0.327. The molecule has 2 aliphatic rings. The first-order valence-electron chi connectivity index (χ1n) is 10.0. The van der Waals surface area contributed by atoms with Gasteiger partial charge in [-0.25, -0.2) is 4.98 Å². The average Bonchev–Trinajstić information content (AvgIpc) is 3.35. The number of anilines is 1. The maximum absolute atomic E-state index is 12.6. The quantitative estimate of drug-likeness (QED) is 0.615. The number of fused-ring (bicyclic) bond motifs is 1. The lowest BCUT2D eigenvalue weighted by molar-refractivity contribution is -0.111. The molecule has 1 amide bonds. The van der Waals surface area contributed by atoms with Crippen molar-refractivity contribution in [2.24, 2.45) is 0 Å². The first-order valence-corrected chi connectivity index (χ1v) is 10.0. The second-order valence-corrected chi connectivity index (χ2v) is 7.68. The van der Waals surface area contributed by atoms with Gasteiger partial charge in [0.05, 0.1) is 5.69 Å². The molecular formula is C22H21N5O4. The number of rotatable bonds is 5. The Kier molecular flexibility index (Phi) is 4.58. The molecule has 3 aromatic rings. The van der Waals surface area contributed by atoms with Gasteiger partial charge < -0.3 is 14.8 Å². The van der Waals surface area contributed by atoms with Gasteiger partial charge in [0.25, 0.3) is 5.56 Å². The van der Waals surface area contributed by atoms with Gasteiger partial charge in [-0.1, -0.05) is 6.07 Å². The highest BCUT2D eigenvalue weighted by atomic mass is 16.7. The third-order valence-electron chi connectivity index (χ3n) is 5.38. The predicted molar refractivity (Wildman–Crippen MR) is 114 cm³/mol. The number of aromatic amines is 1. The van der Waals surface area contributed by atoms with Gasteiger partial charge >= 0.3 is 0 Å². The van der Waals surface area contributed by atoms with Gasteiger partial charge in [-0.2, -0.15) is 9.78 Å². The normalized spacial score (nSPS) is 14.9. The van der Waals surface area contributed by atoms with E-state index in [4.69, 9.17) is 9.47 Å². The maximum Gasteiger partial charge on any atom is 0.255 e. The van der Waals surface area contributed by atoms with E-state index in [1.54, 1.807) is 26.0 Å². The van der Waals surface area contributed by atoms with Crippen molar-refractivity contribution in [3.63, 3.8) is 0 Å².